The first kappa shape index (κ1) is 17.3. The SMILES string of the molecule is CC(C)Oc1c(-c2cc(O)c(O)c(O)c2)oc2cc(O)cc(O)c2c1=O. The van der Waals surface area contributed by atoms with E-state index in [1.165, 1.54) is 0 Å². The Morgan fingerprint density at radius 2 is 1.54 bits per heavy atom. The second-order valence-electron chi connectivity index (χ2n) is 5.96. The van der Waals surface area contributed by atoms with Gasteiger partial charge in [-0.2, -0.15) is 0 Å². The Kier molecular flexibility index (Phi) is 4.03. The van der Waals surface area contributed by atoms with Crippen molar-refractivity contribution < 1.29 is 34.7 Å². The fourth-order valence-corrected chi connectivity index (χ4v) is 2.54. The molecule has 2 aromatic carbocycles. The molecule has 5 N–H and O–H groups in total. The predicted molar refractivity (Wildman–Crippen MR) is 92.0 cm³/mol. The summed E-state index contributed by atoms with van der Waals surface area (Å²) in [7, 11) is 0. The lowest BCUT2D eigenvalue weighted by molar-refractivity contribution is 0.236. The molecular weight excluding hydrogens is 344 g/mol. The fraction of sp³-hybridized carbons (Fsp3) is 0.167. The molecule has 3 aromatic rings. The highest BCUT2D eigenvalue weighted by Crippen LogP contribution is 2.42. The maximum Gasteiger partial charge on any atom is 0.239 e. The normalized spacial score (nSPS) is 11.2. The number of rotatable bonds is 3. The van der Waals surface area contributed by atoms with Crippen molar-refractivity contribution in [2.75, 3.05) is 0 Å². The van der Waals surface area contributed by atoms with Crippen LogP contribution in [0, 0.1) is 0 Å². The second-order valence-corrected chi connectivity index (χ2v) is 5.96. The maximum atomic E-state index is 12.8. The van der Waals surface area contributed by atoms with E-state index in [1.54, 1.807) is 13.8 Å². The van der Waals surface area contributed by atoms with Gasteiger partial charge < -0.3 is 34.7 Å². The van der Waals surface area contributed by atoms with Crippen molar-refractivity contribution in [1.29, 1.82) is 0 Å². The van der Waals surface area contributed by atoms with Gasteiger partial charge in [-0.1, -0.05) is 0 Å². The molecule has 0 spiro atoms. The minimum absolute atomic E-state index is 0.0512. The number of fused-ring (bicyclic) bond motifs is 1. The van der Waals surface area contributed by atoms with Crippen molar-refractivity contribution in [3.05, 3.63) is 34.5 Å². The summed E-state index contributed by atoms with van der Waals surface area (Å²) in [4.78, 5) is 12.8. The third kappa shape index (κ3) is 2.81. The van der Waals surface area contributed by atoms with Crippen LogP contribution in [0.25, 0.3) is 22.3 Å². The van der Waals surface area contributed by atoms with Crippen molar-refractivity contribution >= 4 is 11.0 Å². The van der Waals surface area contributed by atoms with Crippen LogP contribution < -0.4 is 10.2 Å². The van der Waals surface area contributed by atoms with Crippen LogP contribution in [-0.4, -0.2) is 31.6 Å². The number of benzene rings is 2. The lowest BCUT2D eigenvalue weighted by Crippen LogP contribution is -2.15. The molecule has 0 unspecified atom stereocenters. The minimum atomic E-state index is -0.724. The third-order valence-corrected chi connectivity index (χ3v) is 3.60. The van der Waals surface area contributed by atoms with Crippen LogP contribution in [0.15, 0.2) is 33.5 Å². The number of phenolic OH excluding ortho intramolecular Hbond substituents is 5. The zero-order valence-corrected chi connectivity index (χ0v) is 13.8. The Labute approximate surface area is 146 Å². The maximum absolute atomic E-state index is 12.8. The highest BCUT2D eigenvalue weighted by atomic mass is 16.5. The molecule has 0 bridgehead atoms. The molecule has 0 aliphatic heterocycles. The number of ether oxygens (including phenoxy) is 1. The Hall–Kier alpha value is -3.55. The Morgan fingerprint density at radius 1 is 0.923 bits per heavy atom. The molecule has 0 radical (unpaired) electrons. The third-order valence-electron chi connectivity index (χ3n) is 3.60. The Bertz CT molecular complexity index is 1040. The van der Waals surface area contributed by atoms with Crippen LogP contribution in [0.4, 0.5) is 0 Å². The van der Waals surface area contributed by atoms with Crippen LogP contribution in [0.3, 0.4) is 0 Å². The van der Waals surface area contributed by atoms with E-state index in [2.05, 4.69) is 0 Å². The van der Waals surface area contributed by atoms with Gasteiger partial charge in [0.05, 0.1) is 6.10 Å². The van der Waals surface area contributed by atoms with Crippen molar-refractivity contribution in [1.82, 2.24) is 0 Å². The number of hydrogen-bond acceptors (Lipinski definition) is 8. The van der Waals surface area contributed by atoms with E-state index in [4.69, 9.17) is 9.15 Å². The van der Waals surface area contributed by atoms with Gasteiger partial charge in [0.25, 0.3) is 0 Å². The molecule has 0 fully saturated rings. The van der Waals surface area contributed by atoms with Crippen LogP contribution in [0.5, 0.6) is 34.5 Å². The van der Waals surface area contributed by atoms with E-state index >= 15 is 0 Å². The molecule has 0 aliphatic rings. The van der Waals surface area contributed by atoms with Gasteiger partial charge in [-0.25, -0.2) is 0 Å². The monoisotopic (exact) mass is 360 g/mol. The molecule has 0 saturated heterocycles. The van der Waals surface area contributed by atoms with E-state index in [-0.39, 0.29) is 33.8 Å². The quantitative estimate of drug-likeness (QED) is 0.449. The smallest absolute Gasteiger partial charge is 0.239 e. The summed E-state index contributed by atoms with van der Waals surface area (Å²) in [5, 5.41) is 48.4. The summed E-state index contributed by atoms with van der Waals surface area (Å²) >= 11 is 0. The van der Waals surface area contributed by atoms with Gasteiger partial charge >= 0.3 is 0 Å². The molecule has 136 valence electrons. The molecule has 26 heavy (non-hydrogen) atoms. The van der Waals surface area contributed by atoms with E-state index in [1.807, 2.05) is 0 Å². The standard InChI is InChI=1S/C18H16O8/c1-7(2)25-18-16(24)14-10(20)5-9(19)6-13(14)26-17(18)8-3-11(21)15(23)12(22)4-8/h3-7,19-23H,1-2H3. The van der Waals surface area contributed by atoms with Gasteiger partial charge in [0.1, 0.15) is 22.5 Å². The molecule has 0 saturated carbocycles. The molecule has 3 rings (SSSR count). The number of hydrogen-bond donors (Lipinski definition) is 5. The first-order chi connectivity index (χ1) is 12.2. The van der Waals surface area contributed by atoms with E-state index in [0.29, 0.717) is 0 Å². The van der Waals surface area contributed by atoms with Gasteiger partial charge in [-0.3, -0.25) is 4.79 Å². The molecule has 1 aromatic heterocycles. The van der Waals surface area contributed by atoms with Crippen LogP contribution in [-0.2, 0) is 0 Å². The summed E-state index contributed by atoms with van der Waals surface area (Å²) in [5.41, 5.74) is -0.763. The predicted octanol–water partition coefficient (Wildman–Crippen LogP) is 2.78. The lowest BCUT2D eigenvalue weighted by Gasteiger charge is -2.15. The average molecular weight is 360 g/mol. The highest BCUT2D eigenvalue weighted by Gasteiger charge is 2.23. The van der Waals surface area contributed by atoms with Gasteiger partial charge in [-0.15, -0.1) is 0 Å². The molecule has 0 aliphatic carbocycles. The average Bonchev–Trinajstić information content (AvgIpc) is 2.53. The Balaban J connectivity index is 2.42. The summed E-state index contributed by atoms with van der Waals surface area (Å²) in [6, 6.07) is 4.29. The highest BCUT2D eigenvalue weighted by molar-refractivity contribution is 5.88. The molecular formula is C18H16O8. The van der Waals surface area contributed by atoms with Gasteiger partial charge in [0.2, 0.25) is 11.2 Å². The zero-order valence-electron chi connectivity index (χ0n) is 13.8. The fourth-order valence-electron chi connectivity index (χ4n) is 2.54. The van der Waals surface area contributed by atoms with Crippen LogP contribution in [0.2, 0.25) is 0 Å². The molecule has 0 amide bonds. The molecule has 0 atom stereocenters. The molecule has 8 heteroatoms. The summed E-state index contributed by atoms with van der Waals surface area (Å²) in [6.07, 6.45) is -0.423. The molecule has 8 nitrogen and oxygen atoms in total. The first-order valence-electron chi connectivity index (χ1n) is 7.63. The summed E-state index contributed by atoms with van der Waals surface area (Å²) in [6.45, 7) is 3.35. The summed E-state index contributed by atoms with van der Waals surface area (Å²) < 4.78 is 11.2. The van der Waals surface area contributed by atoms with Crippen LogP contribution >= 0.6 is 0 Å². The number of aromatic hydroxyl groups is 5. The number of phenols is 5. The largest absolute Gasteiger partial charge is 0.508 e. The Morgan fingerprint density at radius 3 is 2.12 bits per heavy atom. The van der Waals surface area contributed by atoms with Crippen molar-refractivity contribution in [3.63, 3.8) is 0 Å². The van der Waals surface area contributed by atoms with Crippen LogP contribution in [0.1, 0.15) is 13.8 Å². The summed E-state index contributed by atoms with van der Waals surface area (Å²) in [5.74, 6) is -3.18. The van der Waals surface area contributed by atoms with Crippen molar-refractivity contribution in [3.8, 4) is 45.8 Å². The minimum Gasteiger partial charge on any atom is -0.508 e. The molecule has 1 heterocycles. The van der Waals surface area contributed by atoms with E-state index in [9.17, 15) is 30.3 Å². The van der Waals surface area contributed by atoms with Crippen molar-refractivity contribution in [2.45, 2.75) is 20.0 Å². The topological polar surface area (TPSA) is 141 Å². The van der Waals surface area contributed by atoms with Gasteiger partial charge in [0.15, 0.2) is 23.0 Å². The van der Waals surface area contributed by atoms with Gasteiger partial charge in [0, 0.05) is 17.7 Å². The lowest BCUT2D eigenvalue weighted by atomic mass is 10.1. The van der Waals surface area contributed by atoms with Gasteiger partial charge in [-0.05, 0) is 26.0 Å². The second kappa shape index (κ2) is 6.07. The first-order valence-corrected chi connectivity index (χ1v) is 7.63. The van der Waals surface area contributed by atoms with Crippen molar-refractivity contribution in [2.24, 2.45) is 0 Å². The zero-order chi connectivity index (χ0) is 19.2. The van der Waals surface area contributed by atoms with E-state index < -0.39 is 34.5 Å². The van der Waals surface area contributed by atoms with E-state index in [0.717, 1.165) is 24.3 Å².